The van der Waals surface area contributed by atoms with Crippen molar-refractivity contribution in [2.45, 2.75) is 25.8 Å². The molecule has 1 amide bonds. The Hall–Kier alpha value is -1.34. The first kappa shape index (κ1) is 21.7. The number of nitrogens with one attached hydrogen (secondary N) is 1. The van der Waals surface area contributed by atoms with E-state index in [-0.39, 0.29) is 30.9 Å². The van der Waals surface area contributed by atoms with Crippen molar-refractivity contribution in [1.29, 1.82) is 0 Å². The largest absolute Gasteiger partial charge is 0.480 e. The fraction of sp³-hybridized carbons (Fsp3) is 0.529. The standard InChI is InChI=1S/C17H24ClN3O3.ClH/c1-12-9-13(18)3-4-15(12)19-16(22)10-21-7-5-14(6-8-21)20(2)11-17(23)24;/h3-4,9,14H,5-8,10-11H2,1-2H3,(H,19,22)(H,23,24);1H. The van der Waals surface area contributed by atoms with E-state index >= 15 is 0 Å². The Morgan fingerprint density at radius 1 is 1.36 bits per heavy atom. The summed E-state index contributed by atoms with van der Waals surface area (Å²) in [6.45, 7) is 3.90. The number of benzene rings is 1. The van der Waals surface area contributed by atoms with Crippen LogP contribution in [-0.4, -0.2) is 66.1 Å². The zero-order valence-corrected chi connectivity index (χ0v) is 16.1. The molecule has 0 atom stereocenters. The number of carbonyl (C=O) groups is 2. The third-order valence-corrected chi connectivity index (χ3v) is 4.63. The molecule has 1 aromatic carbocycles. The number of likely N-dealkylation sites (tertiary alicyclic amines) is 1. The minimum absolute atomic E-state index is 0. The number of likely N-dealkylation sites (N-methyl/N-ethyl adjacent to an activating group) is 1. The van der Waals surface area contributed by atoms with E-state index < -0.39 is 5.97 Å². The highest BCUT2D eigenvalue weighted by molar-refractivity contribution is 6.30. The maximum atomic E-state index is 12.2. The number of carboxylic acids is 1. The van der Waals surface area contributed by atoms with E-state index in [0.717, 1.165) is 37.2 Å². The van der Waals surface area contributed by atoms with Gasteiger partial charge in [0.05, 0.1) is 13.1 Å². The summed E-state index contributed by atoms with van der Waals surface area (Å²) in [5.74, 6) is -0.851. The monoisotopic (exact) mass is 389 g/mol. The molecule has 2 rings (SSSR count). The predicted molar refractivity (Wildman–Crippen MR) is 102 cm³/mol. The molecule has 1 aliphatic rings. The van der Waals surface area contributed by atoms with Crippen LogP contribution < -0.4 is 5.32 Å². The number of carbonyl (C=O) groups excluding carboxylic acids is 1. The summed E-state index contributed by atoms with van der Waals surface area (Å²) in [6, 6.07) is 5.65. The number of piperidine rings is 1. The number of hydrogen-bond acceptors (Lipinski definition) is 4. The molecule has 0 aromatic heterocycles. The first-order chi connectivity index (χ1) is 11.3. The molecular weight excluding hydrogens is 365 g/mol. The summed E-state index contributed by atoms with van der Waals surface area (Å²) in [4.78, 5) is 27.0. The lowest BCUT2D eigenvalue weighted by molar-refractivity contribution is -0.138. The van der Waals surface area contributed by atoms with Crippen molar-refractivity contribution in [2.24, 2.45) is 0 Å². The Labute approximate surface area is 159 Å². The fourth-order valence-electron chi connectivity index (χ4n) is 3.02. The Balaban J connectivity index is 0.00000312. The van der Waals surface area contributed by atoms with Crippen molar-refractivity contribution in [1.82, 2.24) is 9.80 Å². The number of carboxylic acid groups (broad SMARTS) is 1. The number of aryl methyl sites for hydroxylation is 1. The average molecular weight is 390 g/mol. The van der Waals surface area contributed by atoms with Crippen molar-refractivity contribution in [3.05, 3.63) is 28.8 Å². The van der Waals surface area contributed by atoms with Crippen molar-refractivity contribution in [3.8, 4) is 0 Å². The highest BCUT2D eigenvalue weighted by atomic mass is 35.5. The van der Waals surface area contributed by atoms with Gasteiger partial charge in [0.25, 0.3) is 0 Å². The second kappa shape index (κ2) is 9.97. The average Bonchev–Trinajstić information content (AvgIpc) is 2.50. The molecule has 6 nitrogen and oxygen atoms in total. The van der Waals surface area contributed by atoms with Gasteiger partial charge in [0.15, 0.2) is 0 Å². The number of anilines is 1. The van der Waals surface area contributed by atoms with Crippen molar-refractivity contribution in [3.63, 3.8) is 0 Å². The van der Waals surface area contributed by atoms with E-state index in [9.17, 15) is 9.59 Å². The van der Waals surface area contributed by atoms with Gasteiger partial charge < -0.3 is 10.4 Å². The molecule has 2 N–H and O–H groups in total. The molecule has 1 saturated heterocycles. The van der Waals surface area contributed by atoms with E-state index in [1.54, 1.807) is 6.07 Å². The van der Waals surface area contributed by atoms with Crippen LogP contribution >= 0.6 is 24.0 Å². The Morgan fingerprint density at radius 3 is 2.56 bits per heavy atom. The lowest BCUT2D eigenvalue weighted by atomic mass is 10.0. The smallest absolute Gasteiger partial charge is 0.317 e. The maximum Gasteiger partial charge on any atom is 0.317 e. The molecule has 8 heteroatoms. The number of halogens is 2. The quantitative estimate of drug-likeness (QED) is 0.781. The molecule has 0 aliphatic carbocycles. The number of nitrogens with zero attached hydrogens (tertiary/aromatic N) is 2. The molecule has 140 valence electrons. The Kier molecular flexibility index (Phi) is 8.65. The number of hydrogen-bond donors (Lipinski definition) is 2. The van der Waals surface area contributed by atoms with E-state index in [1.165, 1.54) is 0 Å². The molecule has 1 heterocycles. The summed E-state index contributed by atoms with van der Waals surface area (Å²) < 4.78 is 0. The van der Waals surface area contributed by atoms with Crippen LogP contribution in [0.3, 0.4) is 0 Å². The van der Waals surface area contributed by atoms with Crippen LogP contribution in [0, 0.1) is 6.92 Å². The normalized spacial score (nSPS) is 15.7. The summed E-state index contributed by atoms with van der Waals surface area (Å²) in [7, 11) is 1.84. The van der Waals surface area contributed by atoms with Crippen LogP contribution in [0.4, 0.5) is 5.69 Å². The van der Waals surface area contributed by atoms with Gasteiger partial charge >= 0.3 is 5.97 Å². The second-order valence-electron chi connectivity index (χ2n) is 6.32. The van der Waals surface area contributed by atoms with Gasteiger partial charge in [-0.3, -0.25) is 19.4 Å². The first-order valence-electron chi connectivity index (χ1n) is 8.05. The van der Waals surface area contributed by atoms with Crippen LogP contribution in [-0.2, 0) is 9.59 Å². The molecular formula is C17H25Cl2N3O3. The molecule has 1 fully saturated rings. The number of aliphatic carboxylic acids is 1. The second-order valence-corrected chi connectivity index (χ2v) is 6.76. The third kappa shape index (κ3) is 6.82. The van der Waals surface area contributed by atoms with Gasteiger partial charge in [0.2, 0.25) is 5.91 Å². The van der Waals surface area contributed by atoms with E-state index in [4.69, 9.17) is 16.7 Å². The molecule has 0 spiro atoms. The SMILES string of the molecule is Cc1cc(Cl)ccc1NC(=O)CN1CCC(N(C)CC(=O)O)CC1.Cl. The summed E-state index contributed by atoms with van der Waals surface area (Å²) in [5.41, 5.74) is 1.71. The Bertz CT molecular complexity index is 605. The molecule has 1 aliphatic heterocycles. The topological polar surface area (TPSA) is 72.9 Å². The lowest BCUT2D eigenvalue weighted by Crippen LogP contribution is -2.46. The Morgan fingerprint density at radius 2 is 2.00 bits per heavy atom. The van der Waals surface area contributed by atoms with Crippen LogP contribution in [0.2, 0.25) is 5.02 Å². The zero-order chi connectivity index (χ0) is 17.7. The van der Waals surface area contributed by atoms with Gasteiger partial charge in [0.1, 0.15) is 0 Å². The fourth-order valence-corrected chi connectivity index (χ4v) is 3.25. The molecule has 0 unspecified atom stereocenters. The lowest BCUT2D eigenvalue weighted by Gasteiger charge is -2.35. The van der Waals surface area contributed by atoms with Gasteiger partial charge in [-0.05, 0) is 50.6 Å². The van der Waals surface area contributed by atoms with Crippen LogP contribution in [0.1, 0.15) is 18.4 Å². The van der Waals surface area contributed by atoms with Crippen LogP contribution in [0.15, 0.2) is 18.2 Å². The molecule has 0 radical (unpaired) electrons. The van der Waals surface area contributed by atoms with Crippen molar-refractivity contribution < 1.29 is 14.7 Å². The maximum absolute atomic E-state index is 12.2. The van der Waals surface area contributed by atoms with Gasteiger partial charge in [-0.15, -0.1) is 12.4 Å². The van der Waals surface area contributed by atoms with Gasteiger partial charge in [-0.25, -0.2) is 0 Å². The highest BCUT2D eigenvalue weighted by Gasteiger charge is 2.24. The highest BCUT2D eigenvalue weighted by Crippen LogP contribution is 2.20. The van der Waals surface area contributed by atoms with Gasteiger partial charge in [-0.1, -0.05) is 11.6 Å². The first-order valence-corrected chi connectivity index (χ1v) is 8.43. The molecule has 1 aromatic rings. The van der Waals surface area contributed by atoms with Crippen LogP contribution in [0.25, 0.3) is 0 Å². The number of amides is 1. The van der Waals surface area contributed by atoms with E-state index in [1.807, 2.05) is 31.0 Å². The van der Waals surface area contributed by atoms with Crippen molar-refractivity contribution >= 4 is 41.6 Å². The minimum Gasteiger partial charge on any atom is -0.480 e. The van der Waals surface area contributed by atoms with Gasteiger partial charge in [0, 0.05) is 29.8 Å². The minimum atomic E-state index is -0.808. The van der Waals surface area contributed by atoms with Crippen molar-refractivity contribution in [2.75, 3.05) is 38.5 Å². The summed E-state index contributed by atoms with van der Waals surface area (Å²) in [6.07, 6.45) is 1.74. The molecule has 0 bridgehead atoms. The van der Waals surface area contributed by atoms with Crippen LogP contribution in [0.5, 0.6) is 0 Å². The predicted octanol–water partition coefficient (Wildman–Crippen LogP) is 2.49. The van der Waals surface area contributed by atoms with E-state index in [2.05, 4.69) is 10.2 Å². The number of rotatable bonds is 6. The zero-order valence-electron chi connectivity index (χ0n) is 14.5. The third-order valence-electron chi connectivity index (χ3n) is 4.39. The van der Waals surface area contributed by atoms with E-state index in [0.29, 0.717) is 11.6 Å². The summed E-state index contributed by atoms with van der Waals surface area (Å²) >= 11 is 5.92. The van der Waals surface area contributed by atoms with Gasteiger partial charge in [-0.2, -0.15) is 0 Å². The molecule has 25 heavy (non-hydrogen) atoms. The summed E-state index contributed by atoms with van der Waals surface area (Å²) in [5, 5.41) is 12.4. The molecule has 0 saturated carbocycles.